The molecular formula is C31H30N4O2. The van der Waals surface area contributed by atoms with Crippen LogP contribution in [0.1, 0.15) is 41.3 Å². The van der Waals surface area contributed by atoms with E-state index in [0.29, 0.717) is 0 Å². The zero-order chi connectivity index (χ0) is 25.5. The van der Waals surface area contributed by atoms with Crippen LogP contribution in [0, 0.1) is 13.8 Å². The number of rotatable bonds is 5. The Labute approximate surface area is 217 Å². The van der Waals surface area contributed by atoms with Crippen molar-refractivity contribution < 1.29 is 9.59 Å². The van der Waals surface area contributed by atoms with E-state index >= 15 is 0 Å². The predicted octanol–water partition coefficient (Wildman–Crippen LogP) is 6.23. The summed E-state index contributed by atoms with van der Waals surface area (Å²) in [7, 11) is 0. The average Bonchev–Trinajstić information content (AvgIpc) is 3.62. The molecule has 0 bridgehead atoms. The van der Waals surface area contributed by atoms with E-state index < -0.39 is 0 Å². The quantitative estimate of drug-likeness (QED) is 0.361. The molecule has 1 aliphatic heterocycles. The summed E-state index contributed by atoms with van der Waals surface area (Å²) in [6.45, 7) is 4.07. The topological polar surface area (TPSA) is 57.6 Å². The van der Waals surface area contributed by atoms with Crippen LogP contribution in [0.25, 0.3) is 5.69 Å². The second-order valence-corrected chi connectivity index (χ2v) is 10.0. The molecule has 3 aromatic carbocycles. The molecule has 6 nitrogen and oxygen atoms in total. The van der Waals surface area contributed by atoms with Gasteiger partial charge >= 0.3 is 6.03 Å². The molecule has 2 aliphatic rings. The number of hydrogen-bond donors (Lipinski definition) is 1. The minimum absolute atomic E-state index is 0.0136. The van der Waals surface area contributed by atoms with Gasteiger partial charge in [-0.2, -0.15) is 0 Å². The van der Waals surface area contributed by atoms with E-state index in [-0.39, 0.29) is 30.6 Å². The molecule has 6 heteroatoms. The molecule has 1 atom stereocenters. The van der Waals surface area contributed by atoms with Crippen molar-refractivity contribution in [3.05, 3.63) is 114 Å². The van der Waals surface area contributed by atoms with Crippen molar-refractivity contribution in [2.24, 2.45) is 0 Å². The third-order valence-electron chi connectivity index (χ3n) is 7.20. The van der Waals surface area contributed by atoms with E-state index in [1.165, 1.54) is 5.56 Å². The fraction of sp³-hybridized carbons (Fsp3) is 0.226. The first-order chi connectivity index (χ1) is 18.0. The first-order valence-corrected chi connectivity index (χ1v) is 12.8. The summed E-state index contributed by atoms with van der Waals surface area (Å²) in [5, 5.41) is 3.00. The second-order valence-electron chi connectivity index (χ2n) is 10.0. The number of amides is 3. The van der Waals surface area contributed by atoms with Gasteiger partial charge in [-0.1, -0.05) is 54.1 Å². The zero-order valence-electron chi connectivity index (χ0n) is 21.1. The summed E-state index contributed by atoms with van der Waals surface area (Å²) < 4.78 is 2.16. The number of para-hydroxylation sites is 2. The third-order valence-corrected chi connectivity index (χ3v) is 7.20. The Kier molecular flexibility index (Phi) is 5.80. The van der Waals surface area contributed by atoms with Crippen LogP contribution in [0.3, 0.4) is 0 Å². The maximum atomic E-state index is 14.2. The van der Waals surface area contributed by atoms with E-state index in [1.54, 1.807) is 4.90 Å². The lowest BCUT2D eigenvalue weighted by Gasteiger charge is -2.39. The molecule has 1 unspecified atom stereocenters. The van der Waals surface area contributed by atoms with Crippen molar-refractivity contribution in [1.82, 2.24) is 9.47 Å². The highest BCUT2D eigenvalue weighted by atomic mass is 16.2. The maximum absolute atomic E-state index is 14.2. The number of carbonyl (C=O) groups is 2. The van der Waals surface area contributed by atoms with Gasteiger partial charge in [0.15, 0.2) is 0 Å². The van der Waals surface area contributed by atoms with Crippen molar-refractivity contribution in [2.75, 3.05) is 16.8 Å². The fourth-order valence-electron chi connectivity index (χ4n) is 5.22. The van der Waals surface area contributed by atoms with Gasteiger partial charge in [0, 0.05) is 17.9 Å². The van der Waals surface area contributed by atoms with Crippen LogP contribution >= 0.6 is 0 Å². The lowest BCUT2D eigenvalue weighted by atomic mass is 9.97. The van der Waals surface area contributed by atoms with Gasteiger partial charge < -0.3 is 14.8 Å². The van der Waals surface area contributed by atoms with Crippen molar-refractivity contribution in [2.45, 2.75) is 38.8 Å². The van der Waals surface area contributed by atoms with E-state index in [2.05, 4.69) is 47.1 Å². The molecule has 0 saturated heterocycles. The molecule has 0 radical (unpaired) electrons. The van der Waals surface area contributed by atoms with Gasteiger partial charge in [-0.3, -0.25) is 9.69 Å². The molecule has 1 aromatic heterocycles. The molecule has 37 heavy (non-hydrogen) atoms. The smallest absolute Gasteiger partial charge is 0.316 e. The summed E-state index contributed by atoms with van der Waals surface area (Å²) in [4.78, 5) is 31.1. The number of benzene rings is 3. The molecule has 186 valence electrons. The Morgan fingerprint density at radius 3 is 2.35 bits per heavy atom. The number of urea groups is 1. The van der Waals surface area contributed by atoms with Crippen LogP contribution in [0.5, 0.6) is 0 Å². The molecule has 3 amide bonds. The van der Waals surface area contributed by atoms with Gasteiger partial charge in [0.25, 0.3) is 0 Å². The van der Waals surface area contributed by atoms with E-state index in [4.69, 9.17) is 0 Å². The van der Waals surface area contributed by atoms with Crippen molar-refractivity contribution in [3.63, 3.8) is 0 Å². The highest BCUT2D eigenvalue weighted by Gasteiger charge is 2.40. The van der Waals surface area contributed by atoms with Crippen molar-refractivity contribution >= 4 is 23.3 Å². The van der Waals surface area contributed by atoms with Crippen LogP contribution in [0.15, 0.2) is 91.1 Å². The Hall–Kier alpha value is -4.32. The van der Waals surface area contributed by atoms with Gasteiger partial charge in [0.1, 0.15) is 12.6 Å². The molecule has 1 N–H and O–H groups in total. The van der Waals surface area contributed by atoms with Crippen LogP contribution in [-0.4, -0.2) is 34.0 Å². The van der Waals surface area contributed by atoms with Gasteiger partial charge in [-0.05, 0) is 74.2 Å². The number of aryl methyl sites for hydroxylation is 2. The number of aromatic nitrogens is 1. The summed E-state index contributed by atoms with van der Waals surface area (Å²) >= 11 is 0. The Morgan fingerprint density at radius 2 is 1.62 bits per heavy atom. The molecule has 4 aromatic rings. The van der Waals surface area contributed by atoms with E-state index in [1.807, 2.05) is 72.6 Å². The Bertz CT molecular complexity index is 1470. The maximum Gasteiger partial charge on any atom is 0.322 e. The highest BCUT2D eigenvalue weighted by molar-refractivity contribution is 6.01. The Balaban J connectivity index is 1.36. The number of fused-ring (bicyclic) bond motifs is 3. The normalized spacial score (nSPS) is 16.1. The second kappa shape index (κ2) is 9.28. The van der Waals surface area contributed by atoms with Gasteiger partial charge in [0.05, 0.1) is 17.1 Å². The standard InChI is InChI=1S/C31H30N4O2/c1-21-12-14-23(15-13-21)30-28-11-6-18-33(28)26-9-3-4-10-27(26)35(30)29(36)20-34(25-16-17-25)31(37)32-24-8-5-7-22(2)19-24/h3-15,18-19,25,30H,16-17,20H2,1-2H3,(H,32,37). The average molecular weight is 491 g/mol. The monoisotopic (exact) mass is 490 g/mol. The number of nitrogens with zero attached hydrogens (tertiary/aromatic N) is 3. The van der Waals surface area contributed by atoms with E-state index in [9.17, 15) is 9.59 Å². The predicted molar refractivity (Wildman–Crippen MR) is 146 cm³/mol. The van der Waals surface area contributed by atoms with E-state index in [0.717, 1.165) is 46.7 Å². The largest absolute Gasteiger partial charge is 0.322 e. The summed E-state index contributed by atoms with van der Waals surface area (Å²) in [5.41, 5.74) is 6.84. The SMILES string of the molecule is Cc1ccc(C2c3cccn3-c3ccccc3N2C(=O)CN(C(=O)Nc2cccc(C)c2)C2CC2)cc1. The van der Waals surface area contributed by atoms with Crippen LogP contribution in [0.2, 0.25) is 0 Å². The number of nitrogens with one attached hydrogen (secondary N) is 1. The van der Waals surface area contributed by atoms with Crippen molar-refractivity contribution in [1.29, 1.82) is 0 Å². The molecule has 0 spiro atoms. The number of anilines is 2. The molecule has 1 saturated carbocycles. The lowest BCUT2D eigenvalue weighted by molar-refractivity contribution is -0.119. The van der Waals surface area contributed by atoms with Crippen LogP contribution < -0.4 is 10.2 Å². The third kappa shape index (κ3) is 4.40. The lowest BCUT2D eigenvalue weighted by Crippen LogP contribution is -2.48. The zero-order valence-corrected chi connectivity index (χ0v) is 21.1. The molecular weight excluding hydrogens is 460 g/mol. The molecule has 2 heterocycles. The van der Waals surface area contributed by atoms with Crippen LogP contribution in [0.4, 0.5) is 16.2 Å². The van der Waals surface area contributed by atoms with Gasteiger partial charge in [-0.25, -0.2) is 4.79 Å². The van der Waals surface area contributed by atoms with Gasteiger partial charge in [-0.15, -0.1) is 0 Å². The minimum atomic E-state index is -0.293. The molecule has 6 rings (SSSR count). The molecule has 1 fully saturated rings. The van der Waals surface area contributed by atoms with Gasteiger partial charge in [0.2, 0.25) is 5.91 Å². The highest BCUT2D eigenvalue weighted by Crippen LogP contribution is 2.42. The summed E-state index contributed by atoms with van der Waals surface area (Å²) in [6, 6.07) is 27.7. The fourth-order valence-corrected chi connectivity index (χ4v) is 5.22. The number of carbonyl (C=O) groups excluding carboxylic acids is 2. The Morgan fingerprint density at radius 1 is 0.865 bits per heavy atom. The summed E-state index contributed by atoms with van der Waals surface area (Å²) in [5.74, 6) is -0.100. The minimum Gasteiger partial charge on any atom is -0.316 e. The molecule has 1 aliphatic carbocycles. The number of hydrogen-bond acceptors (Lipinski definition) is 2. The van der Waals surface area contributed by atoms with Crippen molar-refractivity contribution in [3.8, 4) is 5.69 Å². The van der Waals surface area contributed by atoms with Crippen LogP contribution in [-0.2, 0) is 4.79 Å². The first-order valence-electron chi connectivity index (χ1n) is 12.8. The first kappa shape index (κ1) is 23.1. The summed E-state index contributed by atoms with van der Waals surface area (Å²) in [6.07, 6.45) is 3.87.